The first kappa shape index (κ1) is 15.1. The third-order valence-electron chi connectivity index (χ3n) is 2.66. The van der Waals surface area contributed by atoms with Gasteiger partial charge in [0.25, 0.3) is 0 Å². The van der Waals surface area contributed by atoms with Crippen molar-refractivity contribution in [1.29, 1.82) is 0 Å². The second-order valence-electron chi connectivity index (χ2n) is 3.70. The fraction of sp³-hybridized carbons (Fsp3) is 0.143. The van der Waals surface area contributed by atoms with E-state index in [1.807, 2.05) is 6.92 Å². The zero-order chi connectivity index (χ0) is 12.4. The monoisotopic (exact) mass is 319 g/mol. The van der Waals surface area contributed by atoms with Crippen LogP contribution in [-0.2, 0) is 32.7 Å². The number of hydrogen-bond acceptors (Lipinski definition) is 2. The molecule has 1 aromatic carbocycles. The van der Waals surface area contributed by atoms with Crippen LogP contribution < -0.4 is 0 Å². The predicted molar refractivity (Wildman–Crippen MR) is 65.4 cm³/mol. The summed E-state index contributed by atoms with van der Waals surface area (Å²) in [6.07, 6.45) is 6.42. The van der Waals surface area contributed by atoms with E-state index in [4.69, 9.17) is 0 Å². The molecule has 1 N–H and O–H groups in total. The maximum absolute atomic E-state index is 13.8. The second kappa shape index (κ2) is 6.30. The molecular formula is C14H13FNOY-. The van der Waals surface area contributed by atoms with E-state index in [-0.39, 0.29) is 44.0 Å². The molecule has 0 spiro atoms. The first-order chi connectivity index (χ1) is 8.15. The van der Waals surface area contributed by atoms with Gasteiger partial charge in [0, 0.05) is 39.3 Å². The van der Waals surface area contributed by atoms with Crippen LogP contribution in [0.3, 0.4) is 0 Å². The van der Waals surface area contributed by atoms with E-state index in [2.05, 4.69) is 12.7 Å². The Balaban J connectivity index is 0.00000162. The van der Waals surface area contributed by atoms with Gasteiger partial charge in [-0.15, -0.1) is 6.08 Å². The number of phenolic OH excluding ortho intramolecular Hbond substituents is 1. The third-order valence-corrected chi connectivity index (χ3v) is 2.66. The number of halogens is 1. The fourth-order valence-corrected chi connectivity index (χ4v) is 1.84. The second-order valence-corrected chi connectivity index (χ2v) is 3.70. The van der Waals surface area contributed by atoms with Crippen LogP contribution >= 0.6 is 0 Å². The van der Waals surface area contributed by atoms with Crippen molar-refractivity contribution >= 4 is 5.70 Å². The molecule has 1 aliphatic rings. The van der Waals surface area contributed by atoms with E-state index >= 15 is 0 Å². The van der Waals surface area contributed by atoms with E-state index in [0.717, 1.165) is 5.70 Å². The Hall–Kier alpha value is -0.926. The SMILES string of the molecule is C=C1C=C[C-]=C(c2c(O)cccc2F)N1CC.[Y]. The van der Waals surface area contributed by atoms with Crippen LogP contribution in [0.25, 0.3) is 5.70 Å². The van der Waals surface area contributed by atoms with Gasteiger partial charge in [0.05, 0.1) is 11.6 Å². The molecule has 1 aromatic rings. The maximum atomic E-state index is 13.8. The average molecular weight is 319 g/mol. The molecule has 0 bridgehead atoms. The molecule has 0 unspecified atom stereocenters. The zero-order valence-corrected chi connectivity index (χ0v) is 13.0. The molecule has 0 aliphatic carbocycles. The van der Waals surface area contributed by atoms with Crippen molar-refractivity contribution in [2.75, 3.05) is 6.54 Å². The Bertz CT molecular complexity index is 502. The van der Waals surface area contributed by atoms with Crippen LogP contribution in [0.4, 0.5) is 4.39 Å². The Labute approximate surface area is 131 Å². The van der Waals surface area contributed by atoms with Gasteiger partial charge in [-0.2, -0.15) is 12.2 Å². The average Bonchev–Trinajstić information content (AvgIpc) is 2.29. The minimum absolute atomic E-state index is 0. The molecule has 4 heteroatoms. The van der Waals surface area contributed by atoms with Crippen LogP contribution in [0.1, 0.15) is 12.5 Å². The molecular weight excluding hydrogens is 306 g/mol. The standard InChI is InChI=1S/C14H13FNO.Y/c1-3-16-10(2)6-4-8-12(16)14-11(15)7-5-9-13(14)17;/h4-7,9,17H,2-3H2,1H3;/q-1;. The summed E-state index contributed by atoms with van der Waals surface area (Å²) in [5.74, 6) is -0.553. The summed E-state index contributed by atoms with van der Waals surface area (Å²) < 4.78 is 13.8. The summed E-state index contributed by atoms with van der Waals surface area (Å²) in [7, 11) is 0. The number of nitrogens with zero attached hydrogens (tertiary/aromatic N) is 1. The van der Waals surface area contributed by atoms with Crippen molar-refractivity contribution in [3.8, 4) is 5.75 Å². The predicted octanol–water partition coefficient (Wildman–Crippen LogP) is 3.08. The number of allylic oxidation sites excluding steroid dienone is 3. The molecule has 18 heavy (non-hydrogen) atoms. The van der Waals surface area contributed by atoms with Crippen molar-refractivity contribution in [3.05, 3.63) is 60.1 Å². The summed E-state index contributed by atoms with van der Waals surface area (Å²) in [6.45, 7) is 6.45. The molecule has 0 saturated heterocycles. The van der Waals surface area contributed by atoms with Gasteiger partial charge in [-0.25, -0.2) is 4.39 Å². The summed E-state index contributed by atoms with van der Waals surface area (Å²) in [5, 5.41) is 9.76. The van der Waals surface area contributed by atoms with Gasteiger partial charge in [0.1, 0.15) is 0 Å². The van der Waals surface area contributed by atoms with Crippen molar-refractivity contribution in [2.45, 2.75) is 6.92 Å². The molecule has 0 fully saturated rings. The largest absolute Gasteiger partial charge is 0.520 e. The first-order valence-electron chi connectivity index (χ1n) is 5.39. The Morgan fingerprint density at radius 2 is 2.17 bits per heavy atom. The quantitative estimate of drug-likeness (QED) is 0.847. The number of likely N-dealkylation sites (N-methyl/N-ethyl adjacent to an activating group) is 1. The fourth-order valence-electron chi connectivity index (χ4n) is 1.84. The topological polar surface area (TPSA) is 23.5 Å². The van der Waals surface area contributed by atoms with E-state index in [0.29, 0.717) is 12.2 Å². The Kier molecular flexibility index (Phi) is 5.30. The normalized spacial score (nSPS) is 14.2. The Morgan fingerprint density at radius 1 is 1.44 bits per heavy atom. The van der Waals surface area contributed by atoms with Gasteiger partial charge in [-0.05, 0) is 30.3 Å². The third kappa shape index (κ3) is 2.73. The Morgan fingerprint density at radius 3 is 2.78 bits per heavy atom. The molecule has 2 rings (SSSR count). The van der Waals surface area contributed by atoms with Crippen molar-refractivity contribution in [2.24, 2.45) is 0 Å². The smallest absolute Gasteiger partial charge is 0.0817 e. The van der Waals surface area contributed by atoms with Crippen molar-refractivity contribution < 1.29 is 42.2 Å². The van der Waals surface area contributed by atoms with Gasteiger partial charge in [0.2, 0.25) is 0 Å². The molecule has 91 valence electrons. The molecule has 2 nitrogen and oxygen atoms in total. The minimum Gasteiger partial charge on any atom is -0.520 e. The summed E-state index contributed by atoms with van der Waals surface area (Å²) in [5.41, 5.74) is 1.43. The molecule has 1 aliphatic heterocycles. The summed E-state index contributed by atoms with van der Waals surface area (Å²) in [6, 6.07) is 4.25. The van der Waals surface area contributed by atoms with Crippen LogP contribution in [0.2, 0.25) is 0 Å². The molecule has 0 aromatic heterocycles. The molecule has 1 heterocycles. The van der Waals surface area contributed by atoms with Crippen LogP contribution in [-0.4, -0.2) is 16.6 Å². The first-order valence-corrected chi connectivity index (χ1v) is 5.39. The van der Waals surface area contributed by atoms with E-state index in [9.17, 15) is 9.50 Å². The number of benzene rings is 1. The summed E-state index contributed by atoms with van der Waals surface area (Å²) in [4.78, 5) is 1.80. The number of rotatable bonds is 2. The van der Waals surface area contributed by atoms with E-state index in [1.54, 1.807) is 17.1 Å². The minimum atomic E-state index is -0.464. The number of hydrogen-bond donors (Lipinski definition) is 1. The van der Waals surface area contributed by atoms with E-state index in [1.165, 1.54) is 18.2 Å². The maximum Gasteiger partial charge on any atom is 0.0817 e. The van der Waals surface area contributed by atoms with Crippen LogP contribution in [0.5, 0.6) is 5.75 Å². The number of aromatic hydroxyl groups is 1. The summed E-state index contributed by atoms with van der Waals surface area (Å²) >= 11 is 0. The van der Waals surface area contributed by atoms with Crippen LogP contribution in [0.15, 0.2) is 42.6 Å². The van der Waals surface area contributed by atoms with E-state index < -0.39 is 5.82 Å². The molecule has 1 radical (unpaired) electrons. The van der Waals surface area contributed by atoms with Gasteiger partial charge in [0.15, 0.2) is 0 Å². The molecule has 0 amide bonds. The van der Waals surface area contributed by atoms with Gasteiger partial charge < -0.3 is 10.0 Å². The van der Waals surface area contributed by atoms with Gasteiger partial charge in [-0.3, -0.25) is 0 Å². The number of phenols is 1. The molecule has 0 atom stereocenters. The van der Waals surface area contributed by atoms with Gasteiger partial charge in [-0.1, -0.05) is 18.3 Å². The van der Waals surface area contributed by atoms with Crippen molar-refractivity contribution in [3.63, 3.8) is 0 Å². The van der Waals surface area contributed by atoms with Crippen LogP contribution in [0, 0.1) is 11.9 Å². The van der Waals surface area contributed by atoms with Gasteiger partial charge >= 0.3 is 0 Å². The molecule has 0 saturated carbocycles. The van der Waals surface area contributed by atoms with Crippen molar-refractivity contribution in [1.82, 2.24) is 4.90 Å². The zero-order valence-electron chi connectivity index (χ0n) is 10.2.